The smallest absolute Gasteiger partial charge is 0.226 e. The molecule has 0 fully saturated rings. The summed E-state index contributed by atoms with van der Waals surface area (Å²) < 4.78 is 5.16. The predicted octanol–water partition coefficient (Wildman–Crippen LogP) is 3.27. The molecular formula is C18H19N5O2. The van der Waals surface area contributed by atoms with Crippen molar-refractivity contribution in [3.8, 4) is 6.07 Å². The number of nitrogens with zero attached hydrogens (tertiary/aromatic N) is 4. The molecule has 0 radical (unpaired) electrons. The summed E-state index contributed by atoms with van der Waals surface area (Å²) >= 11 is 0. The van der Waals surface area contributed by atoms with Crippen molar-refractivity contribution in [3.05, 3.63) is 41.8 Å². The standard InChI is InChI=1S/C18H19N5O2/c1-11(2)17-22-16(25-23-17)9-5-8-15(24)12(10-19)18-20-13-6-3-4-7-14(13)21-18/h3-4,6-7,11-12H,5,8-9H2,1-2H3,(H,20,21). The van der Waals surface area contributed by atoms with E-state index in [0.717, 1.165) is 11.0 Å². The molecule has 0 spiro atoms. The topological polar surface area (TPSA) is 108 Å². The molecule has 1 unspecified atom stereocenters. The normalized spacial score (nSPS) is 12.4. The monoisotopic (exact) mass is 337 g/mol. The Bertz CT molecular complexity index is 886. The van der Waals surface area contributed by atoms with E-state index in [0.29, 0.717) is 30.4 Å². The number of ketones is 1. The van der Waals surface area contributed by atoms with Crippen LogP contribution < -0.4 is 0 Å². The second-order valence-corrected chi connectivity index (χ2v) is 6.22. The second kappa shape index (κ2) is 7.26. The number of aryl methyl sites for hydroxylation is 1. The lowest BCUT2D eigenvalue weighted by molar-refractivity contribution is -0.119. The zero-order valence-electron chi connectivity index (χ0n) is 14.2. The molecule has 0 saturated heterocycles. The van der Waals surface area contributed by atoms with Gasteiger partial charge in [-0.05, 0) is 18.6 Å². The number of H-pyrrole nitrogens is 1. The Morgan fingerprint density at radius 1 is 1.32 bits per heavy atom. The number of aromatic nitrogens is 4. The van der Waals surface area contributed by atoms with Crippen molar-refractivity contribution in [1.82, 2.24) is 20.1 Å². The summed E-state index contributed by atoms with van der Waals surface area (Å²) in [4.78, 5) is 24.1. The molecule has 0 saturated carbocycles. The van der Waals surface area contributed by atoms with Gasteiger partial charge in [0.2, 0.25) is 5.89 Å². The first-order valence-electron chi connectivity index (χ1n) is 8.28. The fraction of sp³-hybridized carbons (Fsp3) is 0.389. The molecule has 1 aromatic carbocycles. The number of hydrogen-bond donors (Lipinski definition) is 1. The average Bonchev–Trinajstić information content (AvgIpc) is 3.22. The van der Waals surface area contributed by atoms with E-state index < -0.39 is 5.92 Å². The summed E-state index contributed by atoms with van der Waals surface area (Å²) in [5, 5.41) is 13.3. The number of nitriles is 1. The lowest BCUT2D eigenvalue weighted by Crippen LogP contribution is -2.12. The molecule has 0 aliphatic carbocycles. The van der Waals surface area contributed by atoms with Gasteiger partial charge in [-0.1, -0.05) is 31.1 Å². The van der Waals surface area contributed by atoms with Crippen LogP contribution in [0.2, 0.25) is 0 Å². The van der Waals surface area contributed by atoms with Gasteiger partial charge in [-0.2, -0.15) is 10.2 Å². The molecule has 25 heavy (non-hydrogen) atoms. The van der Waals surface area contributed by atoms with E-state index >= 15 is 0 Å². The van der Waals surface area contributed by atoms with Crippen molar-refractivity contribution >= 4 is 16.8 Å². The molecular weight excluding hydrogens is 318 g/mol. The highest BCUT2D eigenvalue weighted by atomic mass is 16.5. The Balaban J connectivity index is 1.61. The Morgan fingerprint density at radius 3 is 2.80 bits per heavy atom. The number of carbonyl (C=O) groups excluding carboxylic acids is 1. The number of aromatic amines is 1. The van der Waals surface area contributed by atoms with Gasteiger partial charge in [-0.15, -0.1) is 0 Å². The molecule has 7 heteroatoms. The molecule has 0 aliphatic rings. The van der Waals surface area contributed by atoms with Crippen LogP contribution in [0.1, 0.15) is 56.1 Å². The second-order valence-electron chi connectivity index (χ2n) is 6.22. The molecule has 2 aromatic heterocycles. The van der Waals surface area contributed by atoms with Gasteiger partial charge in [0.25, 0.3) is 0 Å². The van der Waals surface area contributed by atoms with E-state index in [-0.39, 0.29) is 18.1 Å². The van der Waals surface area contributed by atoms with Crippen LogP contribution in [0.15, 0.2) is 28.8 Å². The SMILES string of the molecule is CC(C)c1noc(CCCC(=O)C(C#N)c2nc3ccccc3[nH]2)n1. The zero-order chi connectivity index (χ0) is 17.8. The molecule has 0 bridgehead atoms. The van der Waals surface area contributed by atoms with E-state index in [2.05, 4.69) is 26.2 Å². The molecule has 3 rings (SSSR count). The predicted molar refractivity (Wildman–Crippen MR) is 90.8 cm³/mol. The lowest BCUT2D eigenvalue weighted by Gasteiger charge is -2.04. The van der Waals surface area contributed by atoms with E-state index in [9.17, 15) is 10.1 Å². The highest BCUT2D eigenvalue weighted by molar-refractivity contribution is 5.88. The van der Waals surface area contributed by atoms with Gasteiger partial charge in [-0.25, -0.2) is 4.98 Å². The van der Waals surface area contributed by atoms with Crippen LogP contribution in [0, 0.1) is 11.3 Å². The minimum absolute atomic E-state index is 0.162. The van der Waals surface area contributed by atoms with Gasteiger partial charge in [0, 0.05) is 18.8 Å². The maximum absolute atomic E-state index is 12.4. The van der Waals surface area contributed by atoms with Crippen molar-refractivity contribution in [2.45, 2.75) is 44.9 Å². The fourth-order valence-electron chi connectivity index (χ4n) is 2.56. The van der Waals surface area contributed by atoms with Crippen molar-refractivity contribution in [1.29, 1.82) is 5.26 Å². The first kappa shape index (κ1) is 16.8. The first-order chi connectivity index (χ1) is 12.1. The summed E-state index contributed by atoms with van der Waals surface area (Å²) in [5.74, 6) is 0.738. The number of para-hydroxylation sites is 2. The number of hydrogen-bond acceptors (Lipinski definition) is 6. The zero-order valence-corrected chi connectivity index (χ0v) is 14.2. The number of Topliss-reactive ketones (excluding diaryl/α,β-unsaturated/α-hetero) is 1. The van der Waals surface area contributed by atoms with Crippen LogP contribution in [-0.4, -0.2) is 25.9 Å². The number of carbonyl (C=O) groups is 1. The molecule has 1 atom stereocenters. The van der Waals surface area contributed by atoms with Gasteiger partial charge in [0.15, 0.2) is 17.5 Å². The molecule has 2 heterocycles. The number of rotatable bonds is 7. The van der Waals surface area contributed by atoms with Gasteiger partial charge < -0.3 is 9.51 Å². The van der Waals surface area contributed by atoms with Crippen LogP contribution in [0.5, 0.6) is 0 Å². The van der Waals surface area contributed by atoms with Crippen molar-refractivity contribution < 1.29 is 9.32 Å². The third kappa shape index (κ3) is 3.74. The highest BCUT2D eigenvalue weighted by Gasteiger charge is 2.23. The molecule has 7 nitrogen and oxygen atoms in total. The quantitative estimate of drug-likeness (QED) is 0.708. The minimum atomic E-state index is -0.888. The summed E-state index contributed by atoms with van der Waals surface area (Å²) in [6.07, 6.45) is 1.33. The van der Waals surface area contributed by atoms with E-state index in [1.54, 1.807) is 0 Å². The van der Waals surface area contributed by atoms with Crippen LogP contribution in [0.25, 0.3) is 11.0 Å². The average molecular weight is 337 g/mol. The summed E-state index contributed by atoms with van der Waals surface area (Å²) in [6, 6.07) is 9.51. The fourth-order valence-corrected chi connectivity index (χ4v) is 2.56. The Labute approximate surface area is 145 Å². The van der Waals surface area contributed by atoms with Crippen molar-refractivity contribution in [3.63, 3.8) is 0 Å². The Kier molecular flexibility index (Phi) is 4.89. The van der Waals surface area contributed by atoms with Gasteiger partial charge in [-0.3, -0.25) is 4.79 Å². The minimum Gasteiger partial charge on any atom is -0.340 e. The molecule has 128 valence electrons. The van der Waals surface area contributed by atoms with Crippen LogP contribution in [0.3, 0.4) is 0 Å². The van der Waals surface area contributed by atoms with Crippen LogP contribution in [-0.2, 0) is 11.2 Å². The van der Waals surface area contributed by atoms with E-state index in [1.807, 2.05) is 38.1 Å². The third-order valence-electron chi connectivity index (χ3n) is 3.95. The molecule has 0 amide bonds. The van der Waals surface area contributed by atoms with Crippen molar-refractivity contribution in [2.75, 3.05) is 0 Å². The summed E-state index contributed by atoms with van der Waals surface area (Å²) in [5.41, 5.74) is 1.57. The molecule has 3 aromatic rings. The first-order valence-corrected chi connectivity index (χ1v) is 8.28. The number of nitrogens with one attached hydrogen (secondary N) is 1. The largest absolute Gasteiger partial charge is 0.340 e. The van der Waals surface area contributed by atoms with Crippen molar-refractivity contribution in [2.24, 2.45) is 0 Å². The number of benzene rings is 1. The molecule has 0 aliphatic heterocycles. The maximum atomic E-state index is 12.4. The number of imidazole rings is 1. The van der Waals surface area contributed by atoms with Gasteiger partial charge in [0.1, 0.15) is 5.82 Å². The van der Waals surface area contributed by atoms with Crippen LogP contribution in [0.4, 0.5) is 0 Å². The third-order valence-corrected chi connectivity index (χ3v) is 3.95. The van der Waals surface area contributed by atoms with Crippen LogP contribution >= 0.6 is 0 Å². The molecule has 1 N–H and O–H groups in total. The maximum Gasteiger partial charge on any atom is 0.226 e. The number of fused-ring (bicyclic) bond motifs is 1. The lowest BCUT2D eigenvalue weighted by atomic mass is 10.0. The van der Waals surface area contributed by atoms with Gasteiger partial charge >= 0.3 is 0 Å². The summed E-state index contributed by atoms with van der Waals surface area (Å²) in [6.45, 7) is 3.98. The summed E-state index contributed by atoms with van der Waals surface area (Å²) in [7, 11) is 0. The highest BCUT2D eigenvalue weighted by Crippen LogP contribution is 2.20. The van der Waals surface area contributed by atoms with E-state index in [1.165, 1.54) is 0 Å². The Hall–Kier alpha value is -3.01. The van der Waals surface area contributed by atoms with E-state index in [4.69, 9.17) is 4.52 Å². The van der Waals surface area contributed by atoms with Gasteiger partial charge in [0.05, 0.1) is 17.1 Å². The Morgan fingerprint density at radius 2 is 2.12 bits per heavy atom.